The number of benzene rings is 1. The van der Waals surface area contributed by atoms with Gasteiger partial charge in [-0.3, -0.25) is 20.0 Å². The third-order valence-corrected chi connectivity index (χ3v) is 3.62. The summed E-state index contributed by atoms with van der Waals surface area (Å²) >= 11 is 0. The smallest absolute Gasteiger partial charge is 0.245 e. The minimum atomic E-state index is -0.240. The molecule has 3 rings (SSSR count). The molecular weight excluding hydrogens is 304 g/mol. The lowest BCUT2D eigenvalue weighted by molar-refractivity contribution is -0.138. The summed E-state index contributed by atoms with van der Waals surface area (Å²) in [5.74, 6) is -0.376. The highest BCUT2D eigenvalue weighted by atomic mass is 16.2. The van der Waals surface area contributed by atoms with Crippen molar-refractivity contribution in [3.05, 3.63) is 72.1 Å². The number of hydrogen-bond donors (Lipinski definition) is 2. The maximum absolute atomic E-state index is 12.1. The van der Waals surface area contributed by atoms with Gasteiger partial charge in [-0.05, 0) is 23.8 Å². The van der Waals surface area contributed by atoms with Crippen molar-refractivity contribution in [3.8, 4) is 0 Å². The highest BCUT2D eigenvalue weighted by Crippen LogP contribution is 2.16. The molecule has 0 radical (unpaired) electrons. The fourth-order valence-corrected chi connectivity index (χ4v) is 2.37. The third kappa shape index (κ3) is 3.98. The molecule has 0 saturated carbocycles. The quantitative estimate of drug-likeness (QED) is 0.874. The summed E-state index contributed by atoms with van der Waals surface area (Å²) in [6.45, 7) is 0.291. The molecule has 0 spiro atoms. The van der Waals surface area contributed by atoms with E-state index in [1.165, 1.54) is 5.01 Å². The number of carbonyl (C=O) groups is 2. The number of pyridine rings is 1. The van der Waals surface area contributed by atoms with E-state index in [2.05, 4.69) is 15.7 Å². The molecule has 6 heteroatoms. The van der Waals surface area contributed by atoms with E-state index in [4.69, 9.17) is 0 Å². The van der Waals surface area contributed by atoms with Gasteiger partial charge in [-0.25, -0.2) is 5.01 Å². The Morgan fingerprint density at radius 2 is 1.96 bits per heavy atom. The summed E-state index contributed by atoms with van der Waals surface area (Å²) in [5, 5.41) is 4.11. The van der Waals surface area contributed by atoms with Crippen molar-refractivity contribution in [2.75, 3.05) is 6.54 Å². The fourth-order valence-electron chi connectivity index (χ4n) is 2.37. The van der Waals surface area contributed by atoms with Gasteiger partial charge in [-0.2, -0.15) is 0 Å². The Balaban J connectivity index is 1.57. The Morgan fingerprint density at radius 1 is 1.17 bits per heavy atom. The Labute approximate surface area is 140 Å². The van der Waals surface area contributed by atoms with Gasteiger partial charge in [-0.1, -0.05) is 36.4 Å². The molecule has 2 heterocycles. The van der Waals surface area contributed by atoms with Crippen molar-refractivity contribution < 1.29 is 9.59 Å². The van der Waals surface area contributed by atoms with Gasteiger partial charge in [0.05, 0.1) is 17.9 Å². The van der Waals surface area contributed by atoms with Crippen molar-refractivity contribution in [2.24, 2.45) is 0 Å². The van der Waals surface area contributed by atoms with Crippen molar-refractivity contribution in [1.29, 1.82) is 0 Å². The molecular formula is C18H18N4O2. The van der Waals surface area contributed by atoms with Crippen LogP contribution in [0.4, 0.5) is 0 Å². The lowest BCUT2D eigenvalue weighted by Gasteiger charge is -2.28. The van der Waals surface area contributed by atoms with Crippen LogP contribution in [0, 0.1) is 0 Å². The number of aromatic nitrogens is 1. The van der Waals surface area contributed by atoms with E-state index < -0.39 is 0 Å². The molecule has 2 amide bonds. The molecule has 0 unspecified atom stereocenters. The van der Waals surface area contributed by atoms with Crippen molar-refractivity contribution in [3.63, 3.8) is 0 Å². The molecule has 0 saturated heterocycles. The Kier molecular flexibility index (Phi) is 4.86. The van der Waals surface area contributed by atoms with Gasteiger partial charge < -0.3 is 5.32 Å². The monoisotopic (exact) mass is 322 g/mol. The van der Waals surface area contributed by atoms with Gasteiger partial charge >= 0.3 is 0 Å². The predicted molar refractivity (Wildman–Crippen MR) is 90.0 cm³/mol. The van der Waals surface area contributed by atoms with Crippen LogP contribution >= 0.6 is 0 Å². The van der Waals surface area contributed by atoms with E-state index in [1.54, 1.807) is 6.20 Å². The first-order valence-corrected chi connectivity index (χ1v) is 7.71. The van der Waals surface area contributed by atoms with E-state index in [0.717, 1.165) is 17.0 Å². The highest BCUT2D eigenvalue weighted by molar-refractivity contribution is 5.88. The molecule has 1 aromatic carbocycles. The van der Waals surface area contributed by atoms with Crippen molar-refractivity contribution in [1.82, 2.24) is 20.7 Å². The zero-order valence-electron chi connectivity index (χ0n) is 13.1. The van der Waals surface area contributed by atoms with E-state index in [0.29, 0.717) is 6.54 Å². The number of hydrogen-bond acceptors (Lipinski definition) is 4. The Bertz CT molecular complexity index is 744. The SMILES string of the molecule is O=C(CN1NC(c2ccccc2)=CCC1=O)NCc1ccccn1. The summed E-state index contributed by atoms with van der Waals surface area (Å²) < 4.78 is 0. The molecule has 0 aliphatic carbocycles. The highest BCUT2D eigenvalue weighted by Gasteiger charge is 2.21. The van der Waals surface area contributed by atoms with Crippen LogP contribution in [0.3, 0.4) is 0 Å². The van der Waals surface area contributed by atoms with Crippen molar-refractivity contribution >= 4 is 17.5 Å². The lowest BCUT2D eigenvalue weighted by atomic mass is 10.1. The number of amides is 2. The average Bonchev–Trinajstić information content (AvgIpc) is 2.63. The van der Waals surface area contributed by atoms with Gasteiger partial charge in [0.1, 0.15) is 6.54 Å². The normalized spacial score (nSPS) is 13.9. The van der Waals surface area contributed by atoms with E-state index in [-0.39, 0.29) is 24.8 Å². The molecule has 2 aromatic rings. The van der Waals surface area contributed by atoms with Crippen LogP contribution in [0.2, 0.25) is 0 Å². The van der Waals surface area contributed by atoms with Crippen LogP contribution in [-0.2, 0) is 16.1 Å². The Hall–Kier alpha value is -3.15. The molecule has 0 bridgehead atoms. The van der Waals surface area contributed by atoms with Gasteiger partial charge in [0.25, 0.3) is 0 Å². The van der Waals surface area contributed by atoms with Crippen LogP contribution in [-0.4, -0.2) is 28.4 Å². The molecule has 24 heavy (non-hydrogen) atoms. The standard InChI is InChI=1S/C18H18N4O2/c23-17(20-12-15-8-4-5-11-19-15)13-22-18(24)10-9-16(21-22)14-6-2-1-3-7-14/h1-9,11,21H,10,12-13H2,(H,20,23). The minimum absolute atomic E-state index is 0.0458. The van der Waals surface area contributed by atoms with Crippen LogP contribution in [0.25, 0.3) is 5.70 Å². The van der Waals surface area contributed by atoms with Crippen LogP contribution in [0.1, 0.15) is 17.7 Å². The first kappa shape index (κ1) is 15.7. The number of nitrogens with one attached hydrogen (secondary N) is 2. The van der Waals surface area contributed by atoms with Gasteiger partial charge in [-0.15, -0.1) is 0 Å². The predicted octanol–water partition coefficient (Wildman–Crippen LogP) is 1.48. The molecule has 6 nitrogen and oxygen atoms in total. The zero-order chi connectivity index (χ0) is 16.8. The summed E-state index contributed by atoms with van der Waals surface area (Å²) in [6, 6.07) is 15.2. The van der Waals surface area contributed by atoms with Crippen LogP contribution < -0.4 is 10.7 Å². The Morgan fingerprint density at radius 3 is 2.71 bits per heavy atom. The molecule has 1 aromatic heterocycles. The largest absolute Gasteiger partial charge is 0.349 e. The summed E-state index contributed by atoms with van der Waals surface area (Å²) in [5.41, 5.74) is 5.59. The van der Waals surface area contributed by atoms with Gasteiger partial charge in [0, 0.05) is 12.6 Å². The second kappa shape index (κ2) is 7.41. The summed E-state index contributed by atoms with van der Waals surface area (Å²) in [7, 11) is 0. The van der Waals surface area contributed by atoms with Crippen LogP contribution in [0.15, 0.2) is 60.8 Å². The van der Waals surface area contributed by atoms with Gasteiger partial charge in [0.2, 0.25) is 11.8 Å². The topological polar surface area (TPSA) is 74.3 Å². The maximum atomic E-state index is 12.1. The molecule has 0 atom stereocenters. The fraction of sp³-hybridized carbons (Fsp3) is 0.167. The number of hydrazine groups is 1. The zero-order valence-corrected chi connectivity index (χ0v) is 13.1. The van der Waals surface area contributed by atoms with Gasteiger partial charge in [0.15, 0.2) is 0 Å². The van der Waals surface area contributed by atoms with E-state index in [9.17, 15) is 9.59 Å². The minimum Gasteiger partial charge on any atom is -0.349 e. The molecule has 1 aliphatic heterocycles. The molecule has 0 fully saturated rings. The molecule has 122 valence electrons. The second-order valence-electron chi connectivity index (χ2n) is 5.38. The molecule has 2 N–H and O–H groups in total. The van der Waals surface area contributed by atoms with Crippen LogP contribution in [0.5, 0.6) is 0 Å². The number of carbonyl (C=O) groups excluding carboxylic acids is 2. The van der Waals surface area contributed by atoms with E-state index >= 15 is 0 Å². The average molecular weight is 322 g/mol. The maximum Gasteiger partial charge on any atom is 0.245 e. The third-order valence-electron chi connectivity index (χ3n) is 3.62. The van der Waals surface area contributed by atoms with E-state index in [1.807, 2.05) is 54.6 Å². The lowest BCUT2D eigenvalue weighted by Crippen LogP contribution is -2.49. The van der Waals surface area contributed by atoms with Crippen molar-refractivity contribution in [2.45, 2.75) is 13.0 Å². The first-order valence-electron chi connectivity index (χ1n) is 7.71. The second-order valence-corrected chi connectivity index (χ2v) is 5.38. The number of nitrogens with zero attached hydrogens (tertiary/aromatic N) is 2. The first-order chi connectivity index (χ1) is 11.7. The molecule has 1 aliphatic rings. The summed E-state index contributed by atoms with van der Waals surface area (Å²) in [6.07, 6.45) is 3.78. The number of rotatable bonds is 5. The summed E-state index contributed by atoms with van der Waals surface area (Å²) in [4.78, 5) is 28.2.